The Morgan fingerprint density at radius 1 is 1.17 bits per heavy atom. The summed E-state index contributed by atoms with van der Waals surface area (Å²) >= 11 is 0. The van der Waals surface area contributed by atoms with Gasteiger partial charge in [0.1, 0.15) is 0 Å². The number of hydrogen-bond acceptors (Lipinski definition) is 3. The number of nitrogens with one attached hydrogen (secondary N) is 2. The van der Waals surface area contributed by atoms with Crippen molar-refractivity contribution < 1.29 is 9.59 Å². The van der Waals surface area contributed by atoms with E-state index in [0.29, 0.717) is 25.0 Å². The van der Waals surface area contributed by atoms with E-state index in [9.17, 15) is 9.59 Å². The molecule has 1 atom stereocenters. The lowest BCUT2D eigenvalue weighted by Gasteiger charge is -2.22. The predicted octanol–water partition coefficient (Wildman–Crippen LogP) is 2.03. The van der Waals surface area contributed by atoms with Crippen molar-refractivity contribution in [2.24, 2.45) is 0 Å². The van der Waals surface area contributed by atoms with E-state index in [-0.39, 0.29) is 0 Å². The molecule has 0 aliphatic carbocycles. The first-order valence-electron chi connectivity index (χ1n) is 8.90. The molecule has 5 heteroatoms. The van der Waals surface area contributed by atoms with Crippen molar-refractivity contribution in [1.82, 2.24) is 15.5 Å². The fourth-order valence-corrected chi connectivity index (χ4v) is 3.12. The van der Waals surface area contributed by atoms with Gasteiger partial charge >= 0.3 is 11.8 Å². The van der Waals surface area contributed by atoms with Crippen LogP contribution >= 0.6 is 0 Å². The molecule has 0 aromatic heterocycles. The Bertz CT molecular complexity index is 554. The molecule has 1 fully saturated rings. The molecule has 2 N–H and O–H groups in total. The van der Waals surface area contributed by atoms with Gasteiger partial charge in [-0.1, -0.05) is 45.0 Å². The van der Waals surface area contributed by atoms with E-state index in [0.717, 1.165) is 31.5 Å². The molecule has 5 nitrogen and oxygen atoms in total. The van der Waals surface area contributed by atoms with Gasteiger partial charge in [-0.3, -0.25) is 14.5 Å². The van der Waals surface area contributed by atoms with Gasteiger partial charge in [0.25, 0.3) is 0 Å². The van der Waals surface area contributed by atoms with Gasteiger partial charge in [0, 0.05) is 19.1 Å². The molecular formula is C19H29N3O2. The number of amides is 2. The van der Waals surface area contributed by atoms with Crippen LogP contribution in [0.25, 0.3) is 0 Å². The van der Waals surface area contributed by atoms with E-state index in [4.69, 9.17) is 0 Å². The average molecular weight is 331 g/mol. The first kappa shape index (κ1) is 18.5. The minimum Gasteiger partial charge on any atom is -0.346 e. The van der Waals surface area contributed by atoms with Gasteiger partial charge in [0.2, 0.25) is 0 Å². The summed E-state index contributed by atoms with van der Waals surface area (Å²) in [7, 11) is 0. The number of likely N-dealkylation sites (N-methyl/N-ethyl adjacent to an activating group) is 1. The molecule has 1 aliphatic heterocycles. The Labute approximate surface area is 144 Å². The van der Waals surface area contributed by atoms with Crippen LogP contribution in [0.3, 0.4) is 0 Å². The lowest BCUT2D eigenvalue weighted by atomic mass is 10.0. The quantitative estimate of drug-likeness (QED) is 0.784. The van der Waals surface area contributed by atoms with E-state index in [1.807, 2.05) is 12.1 Å². The molecule has 1 aliphatic rings. The molecule has 0 saturated carbocycles. The van der Waals surface area contributed by atoms with Crippen molar-refractivity contribution in [3.63, 3.8) is 0 Å². The maximum Gasteiger partial charge on any atom is 0.309 e. The summed E-state index contributed by atoms with van der Waals surface area (Å²) in [4.78, 5) is 26.2. The molecule has 132 valence electrons. The Balaban J connectivity index is 1.74. The fraction of sp³-hybridized carbons (Fsp3) is 0.579. The normalized spacial score (nSPS) is 17.9. The summed E-state index contributed by atoms with van der Waals surface area (Å²) in [6.45, 7) is 9.39. The van der Waals surface area contributed by atoms with E-state index in [1.54, 1.807) is 0 Å². The number of hydrogen-bond donors (Lipinski definition) is 2. The van der Waals surface area contributed by atoms with Crippen LogP contribution in [0.1, 0.15) is 50.7 Å². The van der Waals surface area contributed by atoms with Crippen molar-refractivity contribution in [2.75, 3.05) is 19.6 Å². The van der Waals surface area contributed by atoms with Gasteiger partial charge in [-0.05, 0) is 43.0 Å². The lowest BCUT2D eigenvalue weighted by molar-refractivity contribution is -0.139. The van der Waals surface area contributed by atoms with Crippen LogP contribution < -0.4 is 10.6 Å². The van der Waals surface area contributed by atoms with E-state index < -0.39 is 11.8 Å². The third-order valence-electron chi connectivity index (χ3n) is 4.71. The zero-order valence-corrected chi connectivity index (χ0v) is 15.0. The zero-order chi connectivity index (χ0) is 17.5. The SMILES string of the molecule is CCN1CCC[C@H]1CNC(=O)C(=O)NCc1ccc(C(C)C)cc1. The number of carbonyl (C=O) groups is 2. The summed E-state index contributed by atoms with van der Waals surface area (Å²) in [6, 6.07) is 8.46. The van der Waals surface area contributed by atoms with Gasteiger partial charge in [-0.25, -0.2) is 0 Å². The molecule has 0 unspecified atom stereocenters. The van der Waals surface area contributed by atoms with Crippen molar-refractivity contribution in [3.8, 4) is 0 Å². The van der Waals surface area contributed by atoms with Crippen LogP contribution in [-0.4, -0.2) is 42.4 Å². The maximum atomic E-state index is 11.9. The van der Waals surface area contributed by atoms with E-state index in [1.165, 1.54) is 5.56 Å². The Kier molecular flexibility index (Phi) is 6.79. The molecule has 0 bridgehead atoms. The molecule has 1 aromatic rings. The molecule has 1 aromatic carbocycles. The van der Waals surface area contributed by atoms with Crippen molar-refractivity contribution in [1.29, 1.82) is 0 Å². The van der Waals surface area contributed by atoms with Crippen LogP contribution in [0.15, 0.2) is 24.3 Å². The monoisotopic (exact) mass is 331 g/mol. The second kappa shape index (κ2) is 8.83. The van der Waals surface area contributed by atoms with Crippen LogP contribution in [0, 0.1) is 0 Å². The lowest BCUT2D eigenvalue weighted by Crippen LogP contribution is -2.45. The molecule has 0 spiro atoms. The van der Waals surface area contributed by atoms with Gasteiger partial charge in [-0.2, -0.15) is 0 Å². The number of nitrogens with zero attached hydrogens (tertiary/aromatic N) is 1. The Morgan fingerprint density at radius 3 is 2.46 bits per heavy atom. The molecule has 2 rings (SSSR count). The maximum absolute atomic E-state index is 11.9. The van der Waals surface area contributed by atoms with Crippen molar-refractivity contribution >= 4 is 11.8 Å². The Hall–Kier alpha value is -1.88. The van der Waals surface area contributed by atoms with Gasteiger partial charge in [0.15, 0.2) is 0 Å². The van der Waals surface area contributed by atoms with Crippen LogP contribution in [0.5, 0.6) is 0 Å². The first-order valence-corrected chi connectivity index (χ1v) is 8.90. The molecule has 2 amide bonds. The smallest absolute Gasteiger partial charge is 0.309 e. The van der Waals surface area contributed by atoms with Crippen LogP contribution in [0.2, 0.25) is 0 Å². The molecule has 1 heterocycles. The third kappa shape index (κ3) is 5.06. The predicted molar refractivity (Wildman–Crippen MR) is 95.7 cm³/mol. The summed E-state index contributed by atoms with van der Waals surface area (Å²) in [5.74, 6) is -0.626. The van der Waals surface area contributed by atoms with Gasteiger partial charge in [0.05, 0.1) is 0 Å². The highest BCUT2D eigenvalue weighted by molar-refractivity contribution is 6.35. The van der Waals surface area contributed by atoms with Crippen LogP contribution in [0.4, 0.5) is 0 Å². The van der Waals surface area contributed by atoms with Gasteiger partial charge < -0.3 is 10.6 Å². The zero-order valence-electron chi connectivity index (χ0n) is 15.0. The molecule has 24 heavy (non-hydrogen) atoms. The summed E-state index contributed by atoms with van der Waals surface area (Å²) in [5, 5.41) is 5.44. The van der Waals surface area contributed by atoms with E-state index in [2.05, 4.69) is 48.4 Å². The van der Waals surface area contributed by atoms with Crippen molar-refractivity contribution in [3.05, 3.63) is 35.4 Å². The number of benzene rings is 1. The number of likely N-dealkylation sites (tertiary alicyclic amines) is 1. The minimum absolute atomic E-state index is 0.357. The minimum atomic E-state index is -0.566. The summed E-state index contributed by atoms with van der Waals surface area (Å²) < 4.78 is 0. The van der Waals surface area contributed by atoms with Crippen LogP contribution in [-0.2, 0) is 16.1 Å². The first-order chi connectivity index (χ1) is 11.5. The number of carbonyl (C=O) groups excluding carboxylic acids is 2. The highest BCUT2D eigenvalue weighted by Crippen LogP contribution is 2.16. The van der Waals surface area contributed by atoms with Crippen molar-refractivity contribution in [2.45, 2.75) is 52.1 Å². The largest absolute Gasteiger partial charge is 0.346 e. The highest BCUT2D eigenvalue weighted by atomic mass is 16.2. The number of rotatable bonds is 6. The molecular weight excluding hydrogens is 302 g/mol. The standard InChI is InChI=1S/C19H29N3O2/c1-4-22-11-5-6-17(22)13-21-19(24)18(23)20-12-15-7-9-16(10-8-15)14(2)3/h7-10,14,17H,4-6,11-13H2,1-3H3,(H,20,23)(H,21,24)/t17-/m0/s1. The van der Waals surface area contributed by atoms with Gasteiger partial charge in [-0.15, -0.1) is 0 Å². The molecule has 0 radical (unpaired) electrons. The molecule has 1 saturated heterocycles. The topological polar surface area (TPSA) is 61.4 Å². The average Bonchev–Trinajstić information content (AvgIpc) is 3.05. The third-order valence-corrected chi connectivity index (χ3v) is 4.71. The fourth-order valence-electron chi connectivity index (χ4n) is 3.12. The second-order valence-corrected chi connectivity index (χ2v) is 6.71. The second-order valence-electron chi connectivity index (χ2n) is 6.71. The Morgan fingerprint density at radius 2 is 1.83 bits per heavy atom. The summed E-state index contributed by atoms with van der Waals surface area (Å²) in [6.07, 6.45) is 2.24. The van der Waals surface area contributed by atoms with E-state index >= 15 is 0 Å². The highest BCUT2D eigenvalue weighted by Gasteiger charge is 2.24. The summed E-state index contributed by atoms with van der Waals surface area (Å²) in [5.41, 5.74) is 2.26.